The van der Waals surface area contributed by atoms with Gasteiger partial charge in [-0.2, -0.15) is 0 Å². The molecule has 0 heterocycles. The third-order valence-electron chi connectivity index (χ3n) is 1.17. The second kappa shape index (κ2) is 36.9. The van der Waals surface area contributed by atoms with Crippen molar-refractivity contribution in [2.75, 3.05) is 0 Å². The van der Waals surface area contributed by atoms with Crippen molar-refractivity contribution in [3.05, 3.63) is 0 Å². The van der Waals surface area contributed by atoms with Gasteiger partial charge in [-0.15, -0.1) is 0 Å². The summed E-state index contributed by atoms with van der Waals surface area (Å²) >= 11 is 0. The first-order valence-electron chi connectivity index (χ1n) is 7.47. The molecule has 2 radical (unpaired) electrons. The minimum Gasteiger partial charge on any atom is -0.543 e. The number of rotatable bonds is 0. The summed E-state index contributed by atoms with van der Waals surface area (Å²) in [6.07, 6.45) is 0. The van der Waals surface area contributed by atoms with Crippen molar-refractivity contribution in [2.45, 2.75) is 0 Å². The fourth-order valence-electron chi connectivity index (χ4n) is 0. The molecule has 0 bridgehead atoms. The van der Waals surface area contributed by atoms with Gasteiger partial charge in [-0.3, -0.25) is 0 Å². The third kappa shape index (κ3) is 91.2. The van der Waals surface area contributed by atoms with Gasteiger partial charge in [0.2, 0.25) is 0 Å². The van der Waals surface area contributed by atoms with E-state index in [-0.39, 0.29) is 40.8 Å². The van der Waals surface area contributed by atoms with Crippen molar-refractivity contribution in [2.24, 2.45) is 0 Å². The summed E-state index contributed by atoms with van der Waals surface area (Å²) in [4.78, 5) is 125. The van der Waals surface area contributed by atoms with Gasteiger partial charge in [-0.05, 0) is 0 Å². The van der Waals surface area contributed by atoms with Crippen LogP contribution in [0.25, 0.3) is 0 Å². The first kappa shape index (κ1) is 61.8. The zero-order chi connectivity index (χ0) is 36.1. The van der Waals surface area contributed by atoms with Gasteiger partial charge in [0.25, 0.3) is 0 Å². The van der Waals surface area contributed by atoms with Gasteiger partial charge in [0.05, 0.1) is 83.6 Å². The molecule has 252 valence electrons. The Hall–Kier alpha value is -6.10. The number of carboxylic acids is 14. The Bertz CT molecular complexity index is 748. The van der Waals surface area contributed by atoms with E-state index in [0.29, 0.717) is 0 Å². The summed E-state index contributed by atoms with van der Waals surface area (Å²) in [7, 11) is 0. The molecule has 0 N–H and O–H groups in total. The summed E-state index contributed by atoms with van der Waals surface area (Å²) < 4.78 is 0. The number of carbonyl (C=O) groups is 14. The Morgan fingerprint density at radius 1 is 0.159 bits per heavy atom. The van der Waals surface area contributed by atoms with Gasteiger partial charge in [0.1, 0.15) is 0 Å². The van der Waals surface area contributed by atoms with Gasteiger partial charge in [0.15, 0.2) is 0 Å². The molecule has 0 aromatic heterocycles. The summed E-state index contributed by atoms with van der Waals surface area (Å²) in [6, 6.07) is 0. The molecule has 0 aliphatic rings. The predicted molar refractivity (Wildman–Crippen MR) is 70.1 cm³/mol. The molecule has 0 aromatic carbocycles. The van der Waals surface area contributed by atoms with Crippen molar-refractivity contribution in [3.8, 4) is 0 Å². The first-order chi connectivity index (χ1) is 18.5. The van der Waals surface area contributed by atoms with E-state index in [4.69, 9.17) is 139 Å². The number of aliphatic carboxylic acids is 14. The molecule has 0 aromatic rings. The van der Waals surface area contributed by atoms with Crippen LogP contribution in [0.2, 0.25) is 0 Å². The third-order valence-corrected chi connectivity index (χ3v) is 1.17. The number of hydrogen-bond donors (Lipinski definition) is 0. The quantitative estimate of drug-likeness (QED) is 0.203. The molecule has 0 saturated carbocycles. The van der Waals surface area contributed by atoms with Crippen LogP contribution in [0.3, 0.4) is 0 Å². The van der Waals surface area contributed by atoms with Crippen LogP contribution in [0.4, 0.5) is 0 Å². The Balaban J connectivity index is -0.0000000461. The van der Waals surface area contributed by atoms with E-state index in [0.717, 1.165) is 0 Å². The van der Waals surface area contributed by atoms with E-state index in [1.807, 2.05) is 0 Å². The maximum absolute atomic E-state index is 8.93. The van der Waals surface area contributed by atoms with E-state index in [1.165, 1.54) is 0 Å². The van der Waals surface area contributed by atoms with Crippen LogP contribution >= 0.6 is 0 Å². The summed E-state index contributed by atoms with van der Waals surface area (Å²) in [5, 5.41) is 125. The zero-order valence-electron chi connectivity index (χ0n) is 19.2. The topological polar surface area (TPSA) is 562 Å². The fourth-order valence-corrected chi connectivity index (χ4v) is 0. The standard InChI is InChI=1S/7C2H2O4.2Re/c7*3-1(4)2(5)6;;/h7*(H,3,4)(H,5,6);;/p-14. The molecule has 0 spiro atoms. The zero-order valence-corrected chi connectivity index (χ0v) is 24.6. The molecule has 28 nitrogen and oxygen atoms in total. The number of hydrogen-bond acceptors (Lipinski definition) is 28. The van der Waals surface area contributed by atoms with Crippen LogP contribution < -0.4 is 71.5 Å². The summed E-state index contributed by atoms with van der Waals surface area (Å²) in [6.45, 7) is 0. The molecule has 44 heavy (non-hydrogen) atoms. The maximum atomic E-state index is 8.93. The molecule has 0 aliphatic carbocycles. The molecule has 0 saturated heterocycles. The van der Waals surface area contributed by atoms with Crippen LogP contribution in [0.1, 0.15) is 0 Å². The Morgan fingerprint density at radius 3 is 0.182 bits per heavy atom. The second-order valence-electron chi connectivity index (χ2n) is 4.02. The van der Waals surface area contributed by atoms with Crippen LogP contribution in [-0.2, 0) is 108 Å². The average molecular weight is 989 g/mol. The van der Waals surface area contributed by atoms with Crippen molar-refractivity contribution >= 4 is 83.6 Å². The average Bonchev–Trinajstić information content (AvgIpc) is 2.80. The predicted octanol–water partition coefficient (Wildman–Crippen LogP) is -24.6. The monoisotopic (exact) mass is 990 g/mol. The van der Waals surface area contributed by atoms with E-state index >= 15 is 0 Å². The molecule has 0 amide bonds. The molecule has 30 heteroatoms. The fraction of sp³-hybridized carbons (Fsp3) is 0. The smallest absolute Gasteiger partial charge is 0.0870 e. The van der Waals surface area contributed by atoms with Crippen LogP contribution in [0, 0.1) is 0 Å². The minimum atomic E-state index is -2.19. The molecule has 0 unspecified atom stereocenters. The van der Waals surface area contributed by atoms with Crippen LogP contribution in [-0.4, -0.2) is 83.6 Å². The SMILES string of the molecule is O=C([O-])C(=O)[O-].O=C([O-])C(=O)[O-].O=C([O-])C(=O)[O-].O=C([O-])C(=O)[O-].O=C([O-])C(=O)[O-].O=C([O-])C(=O)[O-].O=C([O-])C(=O)[O-].[Re].[Re]. The largest absolute Gasteiger partial charge is 0.543 e. The first-order valence-corrected chi connectivity index (χ1v) is 7.47. The van der Waals surface area contributed by atoms with Crippen molar-refractivity contribution in [1.82, 2.24) is 0 Å². The molecular formula is C14O28Re2-14. The Labute approximate surface area is 262 Å². The molecule has 0 aliphatic heterocycles. The van der Waals surface area contributed by atoms with Gasteiger partial charge >= 0.3 is 0 Å². The molecular weight excluding hydrogens is 989 g/mol. The molecule has 0 rings (SSSR count). The van der Waals surface area contributed by atoms with Crippen molar-refractivity contribution in [1.29, 1.82) is 0 Å². The van der Waals surface area contributed by atoms with E-state index in [9.17, 15) is 0 Å². The normalized spacial score (nSPS) is 7.00. The van der Waals surface area contributed by atoms with Crippen molar-refractivity contribution in [3.63, 3.8) is 0 Å². The van der Waals surface area contributed by atoms with Gasteiger partial charge < -0.3 is 139 Å². The minimum absolute atomic E-state index is 0. The molecule has 0 atom stereocenters. The maximum Gasteiger partial charge on any atom is 0.0870 e. The van der Waals surface area contributed by atoms with Crippen LogP contribution in [0.5, 0.6) is 0 Å². The number of carbonyl (C=O) groups excluding carboxylic acids is 14. The van der Waals surface area contributed by atoms with E-state index < -0.39 is 83.6 Å². The van der Waals surface area contributed by atoms with Gasteiger partial charge in [-0.25, -0.2) is 0 Å². The van der Waals surface area contributed by atoms with Crippen LogP contribution in [0.15, 0.2) is 0 Å². The van der Waals surface area contributed by atoms with Gasteiger partial charge in [-0.1, -0.05) is 0 Å². The number of carboxylic acid groups (broad SMARTS) is 14. The van der Waals surface area contributed by atoms with E-state index in [1.54, 1.807) is 0 Å². The Kier molecular flexibility index (Phi) is 51.8. The summed E-state index contributed by atoms with van der Waals surface area (Å²) in [5.74, 6) is -30.6. The Morgan fingerprint density at radius 2 is 0.182 bits per heavy atom. The molecule has 0 fully saturated rings. The second-order valence-corrected chi connectivity index (χ2v) is 4.02. The van der Waals surface area contributed by atoms with Gasteiger partial charge in [0, 0.05) is 40.8 Å². The van der Waals surface area contributed by atoms with Crippen molar-refractivity contribution < 1.29 is 179 Å². The van der Waals surface area contributed by atoms with E-state index in [2.05, 4.69) is 0 Å². The summed E-state index contributed by atoms with van der Waals surface area (Å²) in [5.41, 5.74) is 0.